The molecule has 0 aliphatic rings. The van der Waals surface area contributed by atoms with E-state index in [0.717, 1.165) is 0 Å². The van der Waals surface area contributed by atoms with Gasteiger partial charge in [-0.15, -0.1) is 6.58 Å². The van der Waals surface area contributed by atoms with Crippen LogP contribution in [0.4, 0.5) is 5.88 Å². The van der Waals surface area contributed by atoms with Gasteiger partial charge in [0.1, 0.15) is 0 Å². The number of hydrogen-bond donors (Lipinski definition) is 1. The highest BCUT2D eigenvalue weighted by molar-refractivity contribution is 5.90. The van der Waals surface area contributed by atoms with E-state index in [0.29, 0.717) is 12.3 Å². The summed E-state index contributed by atoms with van der Waals surface area (Å²) in [6, 6.07) is 3.39. The highest BCUT2D eigenvalue weighted by atomic mass is 16.3. The Kier molecular flexibility index (Phi) is 2.49. The third kappa shape index (κ3) is 2.29. The predicted octanol–water partition coefficient (Wildman–Crippen LogP) is 1.79. The molecule has 0 saturated heterocycles. The second kappa shape index (κ2) is 3.61. The topological polar surface area (TPSA) is 42.2 Å². The highest BCUT2D eigenvalue weighted by Crippen LogP contribution is 2.06. The van der Waals surface area contributed by atoms with Crippen LogP contribution in [0.15, 0.2) is 35.5 Å². The molecule has 3 nitrogen and oxygen atoms in total. The molecular formula is C8H9NO2. The van der Waals surface area contributed by atoms with Gasteiger partial charge in [0.15, 0.2) is 5.88 Å². The zero-order chi connectivity index (χ0) is 8.10. The van der Waals surface area contributed by atoms with E-state index >= 15 is 0 Å². The summed E-state index contributed by atoms with van der Waals surface area (Å²) in [6.07, 6.45) is 3.35. The van der Waals surface area contributed by atoms with Crippen molar-refractivity contribution in [3.63, 3.8) is 0 Å². The average molecular weight is 151 g/mol. The van der Waals surface area contributed by atoms with Gasteiger partial charge in [0.25, 0.3) is 0 Å². The van der Waals surface area contributed by atoms with Gasteiger partial charge in [-0.25, -0.2) is 0 Å². The number of rotatable bonds is 3. The van der Waals surface area contributed by atoms with Crippen molar-refractivity contribution in [2.24, 2.45) is 0 Å². The average Bonchev–Trinajstić information content (AvgIpc) is 2.40. The van der Waals surface area contributed by atoms with E-state index < -0.39 is 0 Å². The number of furan rings is 1. The van der Waals surface area contributed by atoms with E-state index in [1.54, 1.807) is 12.1 Å². The molecular weight excluding hydrogens is 142 g/mol. The molecule has 0 atom stereocenters. The molecule has 0 aromatic carbocycles. The first-order valence-corrected chi connectivity index (χ1v) is 3.27. The Balaban J connectivity index is 2.43. The molecule has 11 heavy (non-hydrogen) atoms. The lowest BCUT2D eigenvalue weighted by atomic mass is 10.4. The Labute approximate surface area is 64.7 Å². The first kappa shape index (κ1) is 7.60. The third-order valence-electron chi connectivity index (χ3n) is 1.11. The number of carbonyl (C=O) groups is 1. The monoisotopic (exact) mass is 151 g/mol. The van der Waals surface area contributed by atoms with E-state index in [1.807, 2.05) is 0 Å². The lowest BCUT2D eigenvalue weighted by Crippen LogP contribution is -2.08. The molecule has 0 aliphatic carbocycles. The maximum absolute atomic E-state index is 10.9. The Morgan fingerprint density at radius 3 is 3.18 bits per heavy atom. The minimum atomic E-state index is -0.116. The van der Waals surface area contributed by atoms with E-state index in [1.165, 1.54) is 12.3 Å². The summed E-state index contributed by atoms with van der Waals surface area (Å²) in [4.78, 5) is 10.9. The fraction of sp³-hybridized carbons (Fsp3) is 0.125. The number of hydrogen-bond acceptors (Lipinski definition) is 2. The molecule has 3 heteroatoms. The minimum absolute atomic E-state index is 0.116. The smallest absolute Gasteiger partial charge is 0.230 e. The van der Waals surface area contributed by atoms with Gasteiger partial charge in [0, 0.05) is 12.5 Å². The first-order valence-electron chi connectivity index (χ1n) is 3.27. The summed E-state index contributed by atoms with van der Waals surface area (Å²) in [5.41, 5.74) is 0. The van der Waals surface area contributed by atoms with Crippen LogP contribution in [0.2, 0.25) is 0 Å². The molecule has 1 heterocycles. The van der Waals surface area contributed by atoms with Gasteiger partial charge in [-0.1, -0.05) is 6.08 Å². The zero-order valence-electron chi connectivity index (χ0n) is 6.04. The lowest BCUT2D eigenvalue weighted by Gasteiger charge is -1.96. The van der Waals surface area contributed by atoms with Crippen molar-refractivity contribution < 1.29 is 9.21 Å². The Morgan fingerprint density at radius 2 is 2.64 bits per heavy atom. The summed E-state index contributed by atoms with van der Waals surface area (Å²) in [5.74, 6) is 0.354. The third-order valence-corrected chi connectivity index (χ3v) is 1.11. The fourth-order valence-electron chi connectivity index (χ4n) is 0.669. The van der Waals surface area contributed by atoms with Gasteiger partial charge in [-0.3, -0.25) is 10.1 Å². The maximum atomic E-state index is 10.9. The van der Waals surface area contributed by atoms with E-state index in [-0.39, 0.29) is 5.91 Å². The van der Waals surface area contributed by atoms with Crippen LogP contribution in [0.25, 0.3) is 0 Å². The van der Waals surface area contributed by atoms with Crippen LogP contribution in [0.5, 0.6) is 0 Å². The maximum Gasteiger partial charge on any atom is 0.230 e. The van der Waals surface area contributed by atoms with Gasteiger partial charge in [0.05, 0.1) is 6.26 Å². The number of anilines is 1. The summed E-state index contributed by atoms with van der Waals surface area (Å²) in [7, 11) is 0. The highest BCUT2D eigenvalue weighted by Gasteiger charge is 1.99. The van der Waals surface area contributed by atoms with Gasteiger partial charge < -0.3 is 4.42 Å². The quantitative estimate of drug-likeness (QED) is 0.669. The molecule has 0 radical (unpaired) electrons. The zero-order valence-corrected chi connectivity index (χ0v) is 6.04. The van der Waals surface area contributed by atoms with Crippen LogP contribution in [-0.4, -0.2) is 5.91 Å². The first-order chi connectivity index (χ1) is 5.33. The SMILES string of the molecule is C=CCC(=O)Nc1ccco1. The van der Waals surface area contributed by atoms with Gasteiger partial charge >= 0.3 is 0 Å². The van der Waals surface area contributed by atoms with Gasteiger partial charge in [-0.05, 0) is 6.07 Å². The second-order valence-electron chi connectivity index (χ2n) is 2.02. The van der Waals surface area contributed by atoms with Crippen LogP contribution in [0.1, 0.15) is 6.42 Å². The second-order valence-corrected chi connectivity index (χ2v) is 2.02. The molecule has 1 amide bonds. The van der Waals surface area contributed by atoms with Gasteiger partial charge in [-0.2, -0.15) is 0 Å². The molecule has 0 aliphatic heterocycles. The van der Waals surface area contributed by atoms with Crippen molar-refractivity contribution in [3.8, 4) is 0 Å². The van der Waals surface area contributed by atoms with E-state index in [9.17, 15) is 4.79 Å². The van der Waals surface area contributed by atoms with Crippen LogP contribution in [0.3, 0.4) is 0 Å². The van der Waals surface area contributed by atoms with E-state index in [4.69, 9.17) is 4.42 Å². The Bertz CT molecular complexity index is 239. The van der Waals surface area contributed by atoms with Crippen LogP contribution in [0, 0.1) is 0 Å². The van der Waals surface area contributed by atoms with Crippen molar-refractivity contribution in [2.45, 2.75) is 6.42 Å². The standard InChI is InChI=1S/C8H9NO2/c1-2-4-7(10)9-8-5-3-6-11-8/h2-3,5-6H,1,4H2,(H,9,10). The van der Waals surface area contributed by atoms with E-state index in [2.05, 4.69) is 11.9 Å². The molecule has 1 rings (SSSR count). The normalized spacial score (nSPS) is 9.09. The number of amides is 1. The van der Waals surface area contributed by atoms with Crippen molar-refractivity contribution in [1.29, 1.82) is 0 Å². The molecule has 1 aromatic rings. The predicted molar refractivity (Wildman–Crippen MR) is 42.2 cm³/mol. The van der Waals surface area contributed by atoms with Crippen molar-refractivity contribution in [3.05, 3.63) is 31.1 Å². The number of nitrogens with one attached hydrogen (secondary N) is 1. The van der Waals surface area contributed by atoms with Crippen molar-refractivity contribution in [2.75, 3.05) is 5.32 Å². The molecule has 1 aromatic heterocycles. The summed E-state index contributed by atoms with van der Waals surface area (Å²) in [6.45, 7) is 3.44. The Hall–Kier alpha value is -1.51. The lowest BCUT2D eigenvalue weighted by molar-refractivity contribution is -0.115. The molecule has 0 saturated carbocycles. The largest absolute Gasteiger partial charge is 0.449 e. The molecule has 0 fully saturated rings. The molecule has 0 bridgehead atoms. The summed E-state index contributed by atoms with van der Waals surface area (Å²) < 4.78 is 4.88. The van der Waals surface area contributed by atoms with Crippen LogP contribution < -0.4 is 5.32 Å². The Morgan fingerprint density at radius 1 is 1.82 bits per heavy atom. The molecule has 0 unspecified atom stereocenters. The van der Waals surface area contributed by atoms with Crippen molar-refractivity contribution in [1.82, 2.24) is 0 Å². The molecule has 1 N–H and O–H groups in total. The minimum Gasteiger partial charge on any atom is -0.449 e. The molecule has 0 spiro atoms. The summed E-state index contributed by atoms with van der Waals surface area (Å²) >= 11 is 0. The van der Waals surface area contributed by atoms with Crippen LogP contribution >= 0.6 is 0 Å². The molecule has 58 valence electrons. The fourth-order valence-corrected chi connectivity index (χ4v) is 0.669. The summed E-state index contributed by atoms with van der Waals surface area (Å²) in [5, 5.41) is 2.55. The van der Waals surface area contributed by atoms with Crippen molar-refractivity contribution >= 4 is 11.8 Å². The number of carbonyl (C=O) groups excluding carboxylic acids is 1. The van der Waals surface area contributed by atoms with Crippen LogP contribution in [-0.2, 0) is 4.79 Å². The van der Waals surface area contributed by atoms with Gasteiger partial charge in [0.2, 0.25) is 5.91 Å².